The first-order chi connectivity index (χ1) is 26.0. The quantitative estimate of drug-likeness (QED) is 0.179. The van der Waals surface area contributed by atoms with Crippen molar-refractivity contribution in [1.29, 1.82) is 0 Å². The molecule has 53 heavy (non-hydrogen) atoms. The van der Waals surface area contributed by atoms with Crippen LogP contribution in [0.5, 0.6) is 0 Å². The first-order valence-corrected chi connectivity index (χ1v) is 19.1. The summed E-state index contributed by atoms with van der Waals surface area (Å²) >= 11 is 1.85. The summed E-state index contributed by atoms with van der Waals surface area (Å²) in [5.41, 5.74) is 14.5. The fourth-order valence-corrected chi connectivity index (χ4v) is 10.0. The number of fused-ring (bicyclic) bond motifs is 9. The molecule has 11 rings (SSSR count). The molecule has 1 aliphatic rings. The summed E-state index contributed by atoms with van der Waals surface area (Å²) in [7, 11) is 0. The monoisotopic (exact) mass is 694 g/mol. The molecule has 2 nitrogen and oxygen atoms in total. The number of para-hydroxylation sites is 1. The van der Waals surface area contributed by atoms with E-state index in [4.69, 9.17) is 4.98 Å². The predicted molar refractivity (Wildman–Crippen MR) is 225 cm³/mol. The standard InChI is InChI=1S/C50H34N2S/c1-50(2)42-20-9-6-15-35(42)40-30-46-41(29-43(40)50)36-16-7-10-21-45(36)52(46)48-28-34(33-25-23-32(24-26-33)31-13-4-3-5-14-31)27-44(51-48)39-19-12-18-38-37-17-8-11-22-47(37)53-49(38)39/h3-30H,1-2H3. The second-order valence-corrected chi connectivity index (χ2v) is 15.8. The molecule has 3 heteroatoms. The fourth-order valence-electron chi connectivity index (χ4n) is 8.78. The lowest BCUT2D eigenvalue weighted by atomic mass is 9.82. The van der Waals surface area contributed by atoms with Gasteiger partial charge in [0.15, 0.2) is 0 Å². The van der Waals surface area contributed by atoms with Gasteiger partial charge in [-0.3, -0.25) is 4.57 Å². The Bertz CT molecular complexity index is 3070. The van der Waals surface area contributed by atoms with E-state index in [1.165, 1.54) is 69.8 Å². The van der Waals surface area contributed by atoms with E-state index in [1.54, 1.807) is 0 Å². The molecule has 0 unspecified atom stereocenters. The van der Waals surface area contributed by atoms with E-state index in [0.717, 1.165) is 33.7 Å². The van der Waals surface area contributed by atoms with Crippen molar-refractivity contribution in [3.8, 4) is 50.5 Å². The van der Waals surface area contributed by atoms with Gasteiger partial charge in [-0.25, -0.2) is 4.98 Å². The van der Waals surface area contributed by atoms with Crippen molar-refractivity contribution in [3.05, 3.63) is 181 Å². The van der Waals surface area contributed by atoms with Crippen LogP contribution in [0.25, 0.3) is 92.4 Å². The topological polar surface area (TPSA) is 17.8 Å². The molecule has 1 aliphatic carbocycles. The molecule has 0 spiro atoms. The highest BCUT2D eigenvalue weighted by Crippen LogP contribution is 2.51. The highest BCUT2D eigenvalue weighted by atomic mass is 32.1. The summed E-state index contributed by atoms with van der Waals surface area (Å²) in [6.07, 6.45) is 0. The highest BCUT2D eigenvalue weighted by molar-refractivity contribution is 7.26. The number of nitrogens with zero attached hydrogens (tertiary/aromatic N) is 2. The third-order valence-electron chi connectivity index (χ3n) is 11.4. The van der Waals surface area contributed by atoms with Gasteiger partial charge in [0, 0.05) is 41.9 Å². The molecule has 0 N–H and O–H groups in total. The molecule has 0 saturated heterocycles. The third kappa shape index (κ3) is 4.54. The molecule has 0 fully saturated rings. The SMILES string of the molecule is CC1(C)c2ccccc2-c2cc3c(cc21)c1ccccc1n3-c1cc(-c2ccc(-c3ccccc3)cc2)cc(-c2cccc3c2sc2ccccc23)n1. The van der Waals surface area contributed by atoms with Crippen LogP contribution < -0.4 is 0 Å². The maximum absolute atomic E-state index is 5.59. The van der Waals surface area contributed by atoms with E-state index in [1.807, 2.05) is 11.3 Å². The summed E-state index contributed by atoms with van der Waals surface area (Å²) in [4.78, 5) is 5.59. The fraction of sp³-hybridized carbons (Fsp3) is 0.0600. The smallest absolute Gasteiger partial charge is 0.138 e. The molecule has 250 valence electrons. The van der Waals surface area contributed by atoms with Crippen LogP contribution in [0.1, 0.15) is 25.0 Å². The van der Waals surface area contributed by atoms with Crippen molar-refractivity contribution in [2.75, 3.05) is 0 Å². The van der Waals surface area contributed by atoms with Crippen LogP contribution in [0.15, 0.2) is 170 Å². The molecular formula is C50H34N2S. The Morgan fingerprint density at radius 1 is 0.453 bits per heavy atom. The molecule has 0 aliphatic heterocycles. The Kier molecular flexibility index (Phi) is 6.50. The van der Waals surface area contributed by atoms with Crippen LogP contribution in [0, 0.1) is 0 Å². The molecule has 10 aromatic rings. The molecule has 0 amide bonds. The number of hydrogen-bond donors (Lipinski definition) is 0. The van der Waals surface area contributed by atoms with Gasteiger partial charge in [0.05, 0.1) is 16.7 Å². The van der Waals surface area contributed by atoms with Crippen LogP contribution in [-0.4, -0.2) is 9.55 Å². The molecule has 7 aromatic carbocycles. The second-order valence-electron chi connectivity index (χ2n) is 14.8. The van der Waals surface area contributed by atoms with Gasteiger partial charge in [0.25, 0.3) is 0 Å². The zero-order valence-corrected chi connectivity index (χ0v) is 30.3. The number of rotatable bonds is 4. The van der Waals surface area contributed by atoms with Crippen molar-refractivity contribution >= 4 is 53.3 Å². The second kappa shape index (κ2) is 11.4. The Balaban J connectivity index is 1.19. The predicted octanol–water partition coefficient (Wildman–Crippen LogP) is 13.9. The number of benzene rings is 7. The molecule has 3 aromatic heterocycles. The summed E-state index contributed by atoms with van der Waals surface area (Å²) < 4.78 is 4.96. The van der Waals surface area contributed by atoms with E-state index in [-0.39, 0.29) is 5.41 Å². The van der Waals surface area contributed by atoms with Crippen molar-refractivity contribution in [3.63, 3.8) is 0 Å². The van der Waals surface area contributed by atoms with E-state index in [0.29, 0.717) is 0 Å². The average Bonchev–Trinajstić information content (AvgIpc) is 3.83. The summed E-state index contributed by atoms with van der Waals surface area (Å²) in [6.45, 7) is 4.72. The Labute approximate surface area is 312 Å². The van der Waals surface area contributed by atoms with Gasteiger partial charge in [-0.05, 0) is 80.9 Å². The Morgan fingerprint density at radius 2 is 1.11 bits per heavy atom. The van der Waals surface area contributed by atoms with Gasteiger partial charge in [0.1, 0.15) is 5.82 Å². The van der Waals surface area contributed by atoms with E-state index >= 15 is 0 Å². The van der Waals surface area contributed by atoms with Crippen molar-refractivity contribution in [2.45, 2.75) is 19.3 Å². The first kappa shape index (κ1) is 30.3. The van der Waals surface area contributed by atoms with E-state index < -0.39 is 0 Å². The maximum atomic E-state index is 5.59. The van der Waals surface area contributed by atoms with Gasteiger partial charge in [0.2, 0.25) is 0 Å². The zero-order chi connectivity index (χ0) is 35.3. The number of aromatic nitrogens is 2. The molecule has 3 heterocycles. The van der Waals surface area contributed by atoms with E-state index in [2.05, 4.69) is 188 Å². The van der Waals surface area contributed by atoms with Crippen molar-refractivity contribution in [2.24, 2.45) is 0 Å². The summed E-state index contributed by atoms with van der Waals surface area (Å²) in [5, 5.41) is 5.07. The number of hydrogen-bond acceptors (Lipinski definition) is 2. The van der Waals surface area contributed by atoms with Gasteiger partial charge in [-0.15, -0.1) is 11.3 Å². The highest BCUT2D eigenvalue weighted by Gasteiger charge is 2.36. The minimum absolute atomic E-state index is 0.0799. The van der Waals surface area contributed by atoms with Gasteiger partial charge in [-0.2, -0.15) is 0 Å². The lowest BCUT2D eigenvalue weighted by Crippen LogP contribution is -2.14. The van der Waals surface area contributed by atoms with Crippen LogP contribution in [-0.2, 0) is 5.41 Å². The largest absolute Gasteiger partial charge is 0.294 e. The van der Waals surface area contributed by atoms with Crippen molar-refractivity contribution < 1.29 is 0 Å². The first-order valence-electron chi connectivity index (χ1n) is 18.3. The van der Waals surface area contributed by atoms with Crippen LogP contribution in [0.2, 0.25) is 0 Å². The lowest BCUT2D eigenvalue weighted by Gasteiger charge is -2.21. The van der Waals surface area contributed by atoms with Gasteiger partial charge < -0.3 is 0 Å². The van der Waals surface area contributed by atoms with Crippen LogP contribution in [0.3, 0.4) is 0 Å². The Hall–Kier alpha value is -6.29. The van der Waals surface area contributed by atoms with Crippen molar-refractivity contribution in [1.82, 2.24) is 9.55 Å². The molecular weight excluding hydrogens is 661 g/mol. The summed E-state index contributed by atoms with van der Waals surface area (Å²) in [6, 6.07) is 62.1. The normalized spacial score (nSPS) is 13.2. The summed E-state index contributed by atoms with van der Waals surface area (Å²) in [5.74, 6) is 0.916. The molecule has 0 bridgehead atoms. The van der Waals surface area contributed by atoms with Crippen LogP contribution >= 0.6 is 11.3 Å². The van der Waals surface area contributed by atoms with Gasteiger partial charge >= 0.3 is 0 Å². The van der Waals surface area contributed by atoms with E-state index in [9.17, 15) is 0 Å². The zero-order valence-electron chi connectivity index (χ0n) is 29.5. The van der Waals surface area contributed by atoms with Crippen LogP contribution in [0.4, 0.5) is 0 Å². The number of thiophene rings is 1. The molecule has 0 atom stereocenters. The van der Waals surface area contributed by atoms with Gasteiger partial charge in [-0.1, -0.05) is 147 Å². The minimum Gasteiger partial charge on any atom is -0.294 e. The maximum Gasteiger partial charge on any atom is 0.138 e. The third-order valence-corrected chi connectivity index (χ3v) is 12.6. The average molecular weight is 695 g/mol. The molecule has 0 radical (unpaired) electrons. The lowest BCUT2D eigenvalue weighted by molar-refractivity contribution is 0.661. The minimum atomic E-state index is -0.0799. The number of pyridine rings is 1. The molecule has 0 saturated carbocycles. The Morgan fingerprint density at radius 3 is 1.96 bits per heavy atom.